The van der Waals surface area contributed by atoms with E-state index in [1.165, 1.54) is 0 Å². The molecule has 1 saturated heterocycles. The van der Waals surface area contributed by atoms with Crippen molar-refractivity contribution in [2.45, 2.75) is 50.7 Å². The Morgan fingerprint density at radius 1 is 1.20 bits per heavy atom. The smallest absolute Gasteiger partial charge is 0.250 e. The van der Waals surface area contributed by atoms with Crippen molar-refractivity contribution in [2.75, 3.05) is 0 Å². The van der Waals surface area contributed by atoms with Crippen LogP contribution in [0.15, 0.2) is 30.3 Å². The van der Waals surface area contributed by atoms with Gasteiger partial charge in [0.1, 0.15) is 12.1 Å². The molecule has 2 amide bonds. The number of rotatable bonds is 3. The largest absolute Gasteiger partial charge is 0.339 e. The summed E-state index contributed by atoms with van der Waals surface area (Å²) >= 11 is 0. The maximum Gasteiger partial charge on any atom is 0.250 e. The first-order valence-corrected chi connectivity index (χ1v) is 7.40. The molecule has 2 atom stereocenters. The number of amides is 2. The molecule has 20 heavy (non-hydrogen) atoms. The van der Waals surface area contributed by atoms with Crippen LogP contribution < -0.4 is 5.32 Å². The molecule has 1 aliphatic heterocycles. The van der Waals surface area contributed by atoms with E-state index < -0.39 is 6.04 Å². The Kier molecular flexibility index (Phi) is 3.47. The minimum atomic E-state index is -0.521. The topological polar surface area (TPSA) is 49.4 Å². The van der Waals surface area contributed by atoms with Gasteiger partial charge in [-0.05, 0) is 31.2 Å². The lowest BCUT2D eigenvalue weighted by atomic mass is 9.87. The van der Waals surface area contributed by atoms with E-state index in [-0.39, 0.29) is 23.9 Å². The van der Waals surface area contributed by atoms with Crippen molar-refractivity contribution in [2.24, 2.45) is 0 Å². The zero-order chi connectivity index (χ0) is 14.1. The molecule has 3 rings (SSSR count). The number of nitrogens with zero attached hydrogens (tertiary/aromatic N) is 1. The normalized spacial score (nSPS) is 27.1. The predicted molar refractivity (Wildman–Crippen MR) is 75.9 cm³/mol. The zero-order valence-corrected chi connectivity index (χ0v) is 11.7. The van der Waals surface area contributed by atoms with Gasteiger partial charge in [0, 0.05) is 6.04 Å². The Hall–Kier alpha value is -1.84. The van der Waals surface area contributed by atoms with Crippen molar-refractivity contribution in [3.05, 3.63) is 35.9 Å². The van der Waals surface area contributed by atoms with E-state index in [1.54, 1.807) is 0 Å². The van der Waals surface area contributed by atoms with Crippen molar-refractivity contribution in [3.8, 4) is 0 Å². The summed E-state index contributed by atoms with van der Waals surface area (Å²) in [5.41, 5.74) is 0.865. The summed E-state index contributed by atoms with van der Waals surface area (Å²) in [5.74, 6) is 0.0280. The minimum absolute atomic E-state index is 0.0205. The maximum atomic E-state index is 12.8. The quantitative estimate of drug-likeness (QED) is 0.915. The van der Waals surface area contributed by atoms with Gasteiger partial charge in [-0.25, -0.2) is 0 Å². The number of piperazine rings is 1. The predicted octanol–water partition coefficient (Wildman–Crippen LogP) is 2.02. The average Bonchev–Trinajstić information content (AvgIpc) is 2.42. The Balaban J connectivity index is 1.91. The fraction of sp³-hybridized carbons (Fsp3) is 0.500. The molecule has 1 aromatic rings. The van der Waals surface area contributed by atoms with Gasteiger partial charge in [0.05, 0.1) is 0 Å². The van der Waals surface area contributed by atoms with Gasteiger partial charge in [-0.1, -0.05) is 37.3 Å². The van der Waals surface area contributed by atoms with E-state index in [0.29, 0.717) is 6.42 Å². The Bertz CT molecular complexity index is 510. The van der Waals surface area contributed by atoms with Gasteiger partial charge in [0.15, 0.2) is 0 Å². The number of carbonyl (C=O) groups excluding carboxylic acids is 2. The van der Waals surface area contributed by atoms with Gasteiger partial charge in [-0.3, -0.25) is 9.59 Å². The van der Waals surface area contributed by atoms with Crippen LogP contribution in [0, 0.1) is 0 Å². The number of benzene rings is 1. The summed E-state index contributed by atoms with van der Waals surface area (Å²) in [4.78, 5) is 26.9. The number of carbonyl (C=O) groups is 2. The number of hydrogen-bond acceptors (Lipinski definition) is 2. The standard InChI is InChI=1S/C16H20N2O2/c1-2-13-15(19)17-14(11-7-4-3-5-8-11)16(20)18(13)12-9-6-10-12/h3-5,7-8,12-14H,2,6,9-10H2,1H3,(H,17,19). The van der Waals surface area contributed by atoms with E-state index in [9.17, 15) is 9.59 Å². The lowest BCUT2D eigenvalue weighted by Gasteiger charge is -2.46. The summed E-state index contributed by atoms with van der Waals surface area (Å²) in [6.07, 6.45) is 3.88. The van der Waals surface area contributed by atoms with Crippen molar-refractivity contribution in [1.29, 1.82) is 0 Å². The molecule has 1 saturated carbocycles. The first kappa shape index (κ1) is 13.2. The third-order valence-corrected chi connectivity index (χ3v) is 4.41. The summed E-state index contributed by atoms with van der Waals surface area (Å²) in [7, 11) is 0. The lowest BCUT2D eigenvalue weighted by molar-refractivity contribution is -0.154. The molecular formula is C16H20N2O2. The molecule has 1 heterocycles. The van der Waals surface area contributed by atoms with Crippen LogP contribution in [0.25, 0.3) is 0 Å². The third-order valence-electron chi connectivity index (χ3n) is 4.41. The van der Waals surface area contributed by atoms with Gasteiger partial charge < -0.3 is 10.2 Å². The molecule has 0 radical (unpaired) electrons. The number of nitrogens with one attached hydrogen (secondary N) is 1. The first-order valence-electron chi connectivity index (χ1n) is 7.40. The fourth-order valence-corrected chi connectivity index (χ4v) is 3.08. The van der Waals surface area contributed by atoms with Crippen molar-refractivity contribution in [1.82, 2.24) is 10.2 Å². The fourth-order valence-electron chi connectivity index (χ4n) is 3.08. The highest BCUT2D eigenvalue weighted by Crippen LogP contribution is 2.32. The summed E-state index contributed by atoms with van der Waals surface area (Å²) in [6, 6.07) is 8.94. The van der Waals surface area contributed by atoms with Gasteiger partial charge >= 0.3 is 0 Å². The van der Waals surface area contributed by atoms with E-state index in [1.807, 2.05) is 42.2 Å². The van der Waals surface area contributed by atoms with Crippen LogP contribution in [0.2, 0.25) is 0 Å². The van der Waals surface area contributed by atoms with Crippen molar-refractivity contribution < 1.29 is 9.59 Å². The van der Waals surface area contributed by atoms with Crippen LogP contribution in [-0.2, 0) is 9.59 Å². The second kappa shape index (κ2) is 5.27. The van der Waals surface area contributed by atoms with Crippen molar-refractivity contribution >= 4 is 11.8 Å². The highest BCUT2D eigenvalue weighted by atomic mass is 16.2. The zero-order valence-electron chi connectivity index (χ0n) is 11.7. The summed E-state index contributed by atoms with van der Waals surface area (Å²) in [6.45, 7) is 1.96. The molecule has 1 aromatic carbocycles. The van der Waals surface area contributed by atoms with E-state index in [2.05, 4.69) is 5.32 Å². The maximum absolute atomic E-state index is 12.8. The monoisotopic (exact) mass is 272 g/mol. The highest BCUT2D eigenvalue weighted by Gasteiger charge is 2.44. The van der Waals surface area contributed by atoms with Gasteiger partial charge in [-0.15, -0.1) is 0 Å². The minimum Gasteiger partial charge on any atom is -0.339 e. The first-order chi connectivity index (χ1) is 9.72. The molecule has 2 aliphatic rings. The lowest BCUT2D eigenvalue weighted by Crippen LogP contribution is -2.63. The van der Waals surface area contributed by atoms with E-state index in [0.717, 1.165) is 24.8 Å². The Morgan fingerprint density at radius 3 is 2.45 bits per heavy atom. The van der Waals surface area contributed by atoms with Crippen LogP contribution in [-0.4, -0.2) is 28.8 Å². The van der Waals surface area contributed by atoms with Gasteiger partial charge in [-0.2, -0.15) is 0 Å². The molecule has 1 N–H and O–H groups in total. The summed E-state index contributed by atoms with van der Waals surface area (Å²) < 4.78 is 0. The van der Waals surface area contributed by atoms with Crippen molar-refractivity contribution in [3.63, 3.8) is 0 Å². The van der Waals surface area contributed by atoms with Gasteiger partial charge in [0.25, 0.3) is 5.91 Å². The molecule has 0 aromatic heterocycles. The molecule has 4 heteroatoms. The average molecular weight is 272 g/mol. The van der Waals surface area contributed by atoms with Crippen LogP contribution in [0.4, 0.5) is 0 Å². The molecule has 2 unspecified atom stereocenters. The van der Waals surface area contributed by atoms with E-state index >= 15 is 0 Å². The number of hydrogen-bond donors (Lipinski definition) is 1. The highest BCUT2D eigenvalue weighted by molar-refractivity contribution is 5.97. The Morgan fingerprint density at radius 2 is 1.90 bits per heavy atom. The van der Waals surface area contributed by atoms with Crippen LogP contribution in [0.5, 0.6) is 0 Å². The van der Waals surface area contributed by atoms with Crippen LogP contribution >= 0.6 is 0 Å². The van der Waals surface area contributed by atoms with Crippen LogP contribution in [0.1, 0.15) is 44.2 Å². The summed E-state index contributed by atoms with van der Waals surface area (Å²) in [5, 5.41) is 2.89. The van der Waals surface area contributed by atoms with E-state index in [4.69, 9.17) is 0 Å². The molecule has 0 spiro atoms. The Labute approximate surface area is 119 Å². The van der Waals surface area contributed by atoms with Crippen LogP contribution in [0.3, 0.4) is 0 Å². The molecular weight excluding hydrogens is 252 g/mol. The molecule has 2 fully saturated rings. The second-order valence-electron chi connectivity index (χ2n) is 5.61. The van der Waals surface area contributed by atoms with Gasteiger partial charge in [0.2, 0.25) is 5.91 Å². The SMILES string of the molecule is CCC1C(=O)NC(c2ccccc2)C(=O)N1C1CCC1. The third kappa shape index (κ3) is 2.09. The molecule has 4 nitrogen and oxygen atoms in total. The molecule has 1 aliphatic carbocycles. The molecule has 106 valence electrons. The molecule has 0 bridgehead atoms. The second-order valence-corrected chi connectivity index (χ2v) is 5.61.